The molecule has 0 radical (unpaired) electrons. The van der Waals surface area contributed by atoms with Crippen molar-refractivity contribution in [3.05, 3.63) is 57.7 Å². The van der Waals surface area contributed by atoms with Crippen LogP contribution in [0.5, 0.6) is 0 Å². The summed E-state index contributed by atoms with van der Waals surface area (Å²) in [7, 11) is 1.46. The van der Waals surface area contributed by atoms with Gasteiger partial charge in [0.15, 0.2) is 5.69 Å². The van der Waals surface area contributed by atoms with Crippen molar-refractivity contribution in [3.63, 3.8) is 0 Å². The zero-order chi connectivity index (χ0) is 15.6. The Kier molecular flexibility index (Phi) is 3.97. The summed E-state index contributed by atoms with van der Waals surface area (Å²) in [5.41, 5.74) is -0.399. The lowest BCUT2D eigenvalue weighted by Crippen LogP contribution is -2.17. The van der Waals surface area contributed by atoms with Gasteiger partial charge in [0, 0.05) is 7.05 Å². The van der Waals surface area contributed by atoms with E-state index in [1.54, 1.807) is 6.07 Å². The van der Waals surface area contributed by atoms with Crippen molar-refractivity contribution in [2.45, 2.75) is 12.3 Å². The van der Waals surface area contributed by atoms with Crippen LogP contribution in [0.4, 0.5) is 10.1 Å². The molecule has 1 unspecified atom stereocenters. The molecule has 1 heterocycles. The van der Waals surface area contributed by atoms with Crippen LogP contribution in [-0.2, 0) is 18.3 Å². The Hall–Kier alpha value is -2.77. The minimum Gasteiger partial charge on any atom is -0.481 e. The number of hydrogen-bond donors (Lipinski definition) is 1. The number of benzene rings is 1. The first-order valence-corrected chi connectivity index (χ1v) is 6.04. The summed E-state index contributed by atoms with van der Waals surface area (Å²) in [6, 6.07) is 5.71. The van der Waals surface area contributed by atoms with Crippen LogP contribution < -0.4 is 0 Å². The molecule has 0 amide bonds. The molecule has 2 aromatic rings. The van der Waals surface area contributed by atoms with E-state index in [1.807, 2.05) is 0 Å². The molecule has 21 heavy (non-hydrogen) atoms. The Morgan fingerprint density at radius 1 is 1.52 bits per heavy atom. The standard InChI is InChI=1S/C13H12FN3O4/c1-16-7-11(17(20)21)12(15-16)9(13(18)19)6-8-4-2-3-5-10(8)14/h2-5,7,9H,6H2,1H3,(H,18,19). The van der Waals surface area contributed by atoms with Gasteiger partial charge in [-0.05, 0) is 18.1 Å². The van der Waals surface area contributed by atoms with Crippen molar-refractivity contribution in [1.82, 2.24) is 9.78 Å². The number of carboxylic acid groups (broad SMARTS) is 1. The summed E-state index contributed by atoms with van der Waals surface area (Å²) in [5, 5.41) is 24.1. The maximum Gasteiger partial charge on any atom is 0.313 e. The molecule has 1 N–H and O–H groups in total. The van der Waals surface area contributed by atoms with Gasteiger partial charge in [-0.2, -0.15) is 5.10 Å². The van der Waals surface area contributed by atoms with Gasteiger partial charge < -0.3 is 5.11 Å². The van der Waals surface area contributed by atoms with Crippen LogP contribution in [-0.4, -0.2) is 25.8 Å². The second kappa shape index (κ2) is 5.70. The number of halogens is 1. The van der Waals surface area contributed by atoms with Crippen molar-refractivity contribution in [2.75, 3.05) is 0 Å². The lowest BCUT2D eigenvalue weighted by atomic mass is 9.95. The Balaban J connectivity index is 2.43. The first kappa shape index (κ1) is 14.6. The first-order chi connectivity index (χ1) is 9.90. The highest BCUT2D eigenvalue weighted by atomic mass is 19.1. The first-order valence-electron chi connectivity index (χ1n) is 6.04. The predicted octanol–water partition coefficient (Wildman–Crippen LogP) is 1.88. The normalized spacial score (nSPS) is 12.1. The highest BCUT2D eigenvalue weighted by Crippen LogP contribution is 2.28. The maximum absolute atomic E-state index is 13.6. The van der Waals surface area contributed by atoms with Crippen LogP contribution in [0.1, 0.15) is 17.2 Å². The van der Waals surface area contributed by atoms with Crippen LogP contribution in [0.2, 0.25) is 0 Å². The van der Waals surface area contributed by atoms with E-state index in [0.29, 0.717) is 0 Å². The number of aromatic nitrogens is 2. The number of nitrogens with zero attached hydrogens (tertiary/aromatic N) is 3. The van der Waals surface area contributed by atoms with Crippen LogP contribution in [0.15, 0.2) is 30.5 Å². The van der Waals surface area contributed by atoms with E-state index < -0.39 is 22.6 Å². The molecule has 0 aliphatic rings. The molecule has 1 atom stereocenters. The van der Waals surface area contributed by atoms with Crippen molar-refractivity contribution in [2.24, 2.45) is 7.05 Å². The zero-order valence-electron chi connectivity index (χ0n) is 11.1. The molecule has 8 heteroatoms. The number of rotatable bonds is 5. The van der Waals surface area contributed by atoms with Gasteiger partial charge >= 0.3 is 11.7 Å². The molecule has 2 rings (SSSR count). The van der Waals surface area contributed by atoms with Gasteiger partial charge in [0.05, 0.1) is 4.92 Å². The summed E-state index contributed by atoms with van der Waals surface area (Å²) in [6.45, 7) is 0. The van der Waals surface area contributed by atoms with Crippen molar-refractivity contribution < 1.29 is 19.2 Å². The van der Waals surface area contributed by atoms with Gasteiger partial charge in [0.25, 0.3) is 0 Å². The van der Waals surface area contributed by atoms with E-state index in [2.05, 4.69) is 5.10 Å². The maximum atomic E-state index is 13.6. The molecule has 0 bridgehead atoms. The van der Waals surface area contributed by atoms with Gasteiger partial charge in [-0.15, -0.1) is 0 Å². The van der Waals surface area contributed by atoms with Gasteiger partial charge in [0.1, 0.15) is 17.9 Å². The molecule has 0 saturated heterocycles. The zero-order valence-corrected chi connectivity index (χ0v) is 11.1. The third-order valence-corrected chi connectivity index (χ3v) is 3.04. The largest absolute Gasteiger partial charge is 0.481 e. The summed E-state index contributed by atoms with van der Waals surface area (Å²) >= 11 is 0. The van der Waals surface area contributed by atoms with Gasteiger partial charge in [-0.3, -0.25) is 19.6 Å². The van der Waals surface area contributed by atoms with Gasteiger partial charge in [-0.25, -0.2) is 4.39 Å². The molecule has 0 aliphatic carbocycles. The van der Waals surface area contributed by atoms with E-state index in [1.165, 1.54) is 29.9 Å². The Morgan fingerprint density at radius 2 is 2.19 bits per heavy atom. The van der Waals surface area contributed by atoms with Crippen LogP contribution in [0.25, 0.3) is 0 Å². The van der Waals surface area contributed by atoms with E-state index in [0.717, 1.165) is 6.20 Å². The number of aliphatic carboxylic acids is 1. The van der Waals surface area contributed by atoms with Crippen LogP contribution >= 0.6 is 0 Å². The van der Waals surface area contributed by atoms with Crippen LogP contribution in [0, 0.1) is 15.9 Å². The fourth-order valence-corrected chi connectivity index (χ4v) is 2.07. The summed E-state index contributed by atoms with van der Waals surface area (Å²) in [4.78, 5) is 21.7. The summed E-state index contributed by atoms with van der Waals surface area (Å²) < 4.78 is 14.8. The number of hydrogen-bond acceptors (Lipinski definition) is 4. The average molecular weight is 293 g/mol. The van der Waals surface area contributed by atoms with E-state index in [9.17, 15) is 24.4 Å². The predicted molar refractivity (Wildman–Crippen MR) is 70.3 cm³/mol. The average Bonchev–Trinajstić information content (AvgIpc) is 2.79. The van der Waals surface area contributed by atoms with Crippen molar-refractivity contribution >= 4 is 11.7 Å². The Morgan fingerprint density at radius 3 is 2.76 bits per heavy atom. The molecule has 110 valence electrons. The van der Waals surface area contributed by atoms with E-state index >= 15 is 0 Å². The molecule has 0 fully saturated rings. The summed E-state index contributed by atoms with van der Waals surface area (Å²) in [5.74, 6) is -3.13. The fourth-order valence-electron chi connectivity index (χ4n) is 2.07. The summed E-state index contributed by atoms with van der Waals surface area (Å²) in [6.07, 6.45) is 0.923. The topological polar surface area (TPSA) is 98.3 Å². The molecule has 1 aromatic carbocycles. The molecular weight excluding hydrogens is 281 g/mol. The van der Waals surface area contributed by atoms with E-state index in [-0.39, 0.29) is 23.4 Å². The Labute approximate surface area is 118 Å². The van der Waals surface area contributed by atoms with Gasteiger partial charge in [-0.1, -0.05) is 18.2 Å². The SMILES string of the molecule is Cn1cc([N+](=O)[O-])c(C(Cc2ccccc2F)C(=O)O)n1. The number of carbonyl (C=O) groups is 1. The lowest BCUT2D eigenvalue weighted by molar-refractivity contribution is -0.385. The minimum atomic E-state index is -1.29. The number of carboxylic acids is 1. The third kappa shape index (κ3) is 3.04. The monoisotopic (exact) mass is 293 g/mol. The third-order valence-electron chi connectivity index (χ3n) is 3.04. The highest BCUT2D eigenvalue weighted by Gasteiger charge is 2.32. The molecular formula is C13H12FN3O4. The number of nitro groups is 1. The molecule has 7 nitrogen and oxygen atoms in total. The van der Waals surface area contributed by atoms with E-state index in [4.69, 9.17) is 0 Å². The van der Waals surface area contributed by atoms with Crippen LogP contribution in [0.3, 0.4) is 0 Å². The highest BCUT2D eigenvalue weighted by molar-refractivity contribution is 5.77. The quantitative estimate of drug-likeness (QED) is 0.670. The Bertz CT molecular complexity index is 698. The smallest absolute Gasteiger partial charge is 0.313 e. The minimum absolute atomic E-state index is 0.171. The molecule has 0 spiro atoms. The van der Waals surface area contributed by atoms with Crippen molar-refractivity contribution in [3.8, 4) is 0 Å². The molecule has 1 aromatic heterocycles. The lowest BCUT2D eigenvalue weighted by Gasteiger charge is -2.10. The second-order valence-electron chi connectivity index (χ2n) is 4.52. The molecule has 0 saturated carbocycles. The number of aryl methyl sites for hydroxylation is 1. The molecule has 0 aliphatic heterocycles. The second-order valence-corrected chi connectivity index (χ2v) is 4.52. The fraction of sp³-hybridized carbons (Fsp3) is 0.231. The van der Waals surface area contributed by atoms with Crippen molar-refractivity contribution in [1.29, 1.82) is 0 Å². The van der Waals surface area contributed by atoms with Gasteiger partial charge in [0.2, 0.25) is 0 Å².